The predicted octanol–water partition coefficient (Wildman–Crippen LogP) is 8.15. The molecule has 1 heteroatoms. The van der Waals surface area contributed by atoms with Crippen LogP contribution in [-0.2, 0) is 13.0 Å². The molecule has 0 N–H and O–H groups in total. The molecular weight excluding hydrogens is 362 g/mol. The van der Waals surface area contributed by atoms with Gasteiger partial charge in [0.25, 0.3) is 0 Å². The van der Waals surface area contributed by atoms with Crippen LogP contribution in [0.1, 0.15) is 63.8 Å². The predicted molar refractivity (Wildman–Crippen MR) is 135 cm³/mol. The van der Waals surface area contributed by atoms with Crippen molar-refractivity contribution < 1.29 is 0 Å². The van der Waals surface area contributed by atoms with Crippen LogP contribution in [0.2, 0.25) is 0 Å². The first-order valence-electron chi connectivity index (χ1n) is 11.6. The van der Waals surface area contributed by atoms with Gasteiger partial charge < -0.3 is 0 Å². The van der Waals surface area contributed by atoms with Crippen LogP contribution in [0.25, 0.3) is 11.1 Å². The summed E-state index contributed by atoms with van der Waals surface area (Å²) in [4.78, 5) is 2.42. The molecule has 3 aromatic rings. The first-order chi connectivity index (χ1) is 14.7. The molecule has 0 bridgehead atoms. The third-order valence-electron chi connectivity index (χ3n) is 5.13. The average Bonchev–Trinajstić information content (AvgIpc) is 3.20. The summed E-state index contributed by atoms with van der Waals surface area (Å²) < 4.78 is 0. The zero-order valence-electron chi connectivity index (χ0n) is 20.2. The van der Waals surface area contributed by atoms with E-state index in [0.29, 0.717) is 0 Å². The van der Waals surface area contributed by atoms with Gasteiger partial charge in [0.1, 0.15) is 0 Å². The van der Waals surface area contributed by atoms with Crippen molar-refractivity contribution in [2.24, 2.45) is 0 Å². The fourth-order valence-corrected chi connectivity index (χ4v) is 3.48. The Morgan fingerprint density at radius 3 is 1.50 bits per heavy atom. The lowest BCUT2D eigenvalue weighted by molar-refractivity contribution is 0.296. The molecule has 0 saturated carbocycles. The van der Waals surface area contributed by atoms with Gasteiger partial charge in [-0.3, -0.25) is 4.90 Å². The summed E-state index contributed by atoms with van der Waals surface area (Å²) in [6, 6.07) is 26.1. The lowest BCUT2D eigenvalue weighted by Gasteiger charge is -2.17. The van der Waals surface area contributed by atoms with E-state index in [1.165, 1.54) is 33.4 Å². The van der Waals surface area contributed by atoms with Crippen molar-refractivity contribution >= 4 is 0 Å². The van der Waals surface area contributed by atoms with Crippen molar-refractivity contribution in [3.05, 3.63) is 95.1 Å². The normalized spacial score (nSPS) is 10.4. The van der Waals surface area contributed by atoms with Gasteiger partial charge >= 0.3 is 0 Å². The van der Waals surface area contributed by atoms with Gasteiger partial charge in [-0.1, -0.05) is 120 Å². The summed E-state index contributed by atoms with van der Waals surface area (Å²) in [7, 11) is 0. The van der Waals surface area contributed by atoms with Crippen LogP contribution in [0.4, 0.5) is 0 Å². The van der Waals surface area contributed by atoms with E-state index in [0.717, 1.165) is 26.1 Å². The number of hydrogen-bond acceptors (Lipinski definition) is 1. The second kappa shape index (κ2) is 14.6. The van der Waals surface area contributed by atoms with E-state index in [1.807, 2.05) is 27.7 Å². The molecule has 0 amide bonds. The second-order valence-corrected chi connectivity index (χ2v) is 6.94. The van der Waals surface area contributed by atoms with Crippen LogP contribution in [0.5, 0.6) is 0 Å². The Morgan fingerprint density at radius 2 is 1.07 bits per heavy atom. The third kappa shape index (κ3) is 7.46. The third-order valence-corrected chi connectivity index (χ3v) is 5.13. The van der Waals surface area contributed by atoms with Gasteiger partial charge in [0.2, 0.25) is 0 Å². The van der Waals surface area contributed by atoms with Crippen LogP contribution in [0.3, 0.4) is 0 Å². The molecule has 1 aliphatic rings. The minimum atomic E-state index is 1.08. The molecule has 0 atom stereocenters. The molecular formula is C29H41N. The van der Waals surface area contributed by atoms with Crippen LogP contribution >= 0.6 is 0 Å². The minimum absolute atomic E-state index is 1.08. The van der Waals surface area contributed by atoms with Gasteiger partial charge in [-0.05, 0) is 54.3 Å². The molecule has 30 heavy (non-hydrogen) atoms. The topological polar surface area (TPSA) is 3.24 Å². The van der Waals surface area contributed by atoms with E-state index in [1.54, 1.807) is 0 Å². The molecule has 0 fully saturated rings. The van der Waals surface area contributed by atoms with Gasteiger partial charge in [0, 0.05) is 6.54 Å². The van der Waals surface area contributed by atoms with Crippen molar-refractivity contribution in [2.75, 3.05) is 13.1 Å². The van der Waals surface area contributed by atoms with Crippen LogP contribution in [0.15, 0.2) is 72.8 Å². The number of aryl methyl sites for hydroxylation is 1. The Hall–Kier alpha value is -2.38. The molecule has 0 radical (unpaired) electrons. The monoisotopic (exact) mass is 403 g/mol. The highest BCUT2D eigenvalue weighted by Gasteiger charge is 2.15. The maximum absolute atomic E-state index is 2.42. The van der Waals surface area contributed by atoms with Gasteiger partial charge in [-0.15, -0.1) is 0 Å². The zero-order chi connectivity index (χ0) is 22.4. The molecule has 1 nitrogen and oxygen atoms in total. The molecule has 1 aliphatic carbocycles. The average molecular weight is 404 g/mol. The van der Waals surface area contributed by atoms with Crippen molar-refractivity contribution in [2.45, 2.75) is 61.4 Å². The first-order valence-corrected chi connectivity index (χ1v) is 11.6. The number of fused-ring (bicyclic) bond motifs is 3. The molecule has 0 spiro atoms. The molecule has 0 aliphatic heterocycles. The number of rotatable bonds is 4. The Kier molecular flexibility index (Phi) is 12.5. The molecule has 4 rings (SSSR count). The Labute approximate surface area is 185 Å². The summed E-state index contributed by atoms with van der Waals surface area (Å²) in [5.74, 6) is 0. The molecule has 0 heterocycles. The summed E-state index contributed by atoms with van der Waals surface area (Å²) in [5.41, 5.74) is 8.50. The van der Waals surface area contributed by atoms with Crippen LogP contribution in [-0.4, -0.2) is 18.0 Å². The number of nitrogens with zero attached hydrogens (tertiary/aromatic N) is 1. The van der Waals surface area contributed by atoms with Gasteiger partial charge in [0.15, 0.2) is 0 Å². The summed E-state index contributed by atoms with van der Waals surface area (Å²) >= 11 is 0. The van der Waals surface area contributed by atoms with E-state index in [9.17, 15) is 0 Å². The summed E-state index contributed by atoms with van der Waals surface area (Å²) in [6.07, 6.45) is 1.10. The van der Waals surface area contributed by atoms with Crippen molar-refractivity contribution in [1.29, 1.82) is 0 Å². The molecule has 0 unspecified atom stereocenters. The van der Waals surface area contributed by atoms with E-state index in [4.69, 9.17) is 0 Å². The minimum Gasteiger partial charge on any atom is -0.300 e. The fourth-order valence-electron chi connectivity index (χ4n) is 3.48. The van der Waals surface area contributed by atoms with Gasteiger partial charge in [-0.2, -0.15) is 0 Å². The highest BCUT2D eigenvalue weighted by atomic mass is 15.1. The van der Waals surface area contributed by atoms with Crippen molar-refractivity contribution in [3.8, 4) is 11.1 Å². The number of benzene rings is 3. The highest BCUT2D eigenvalue weighted by molar-refractivity contribution is 5.76. The summed E-state index contributed by atoms with van der Waals surface area (Å²) in [6.45, 7) is 17.9. The molecule has 0 saturated heterocycles. The second-order valence-electron chi connectivity index (χ2n) is 6.94. The maximum atomic E-state index is 2.42. The fraction of sp³-hybridized carbons (Fsp3) is 0.379. The Morgan fingerprint density at radius 1 is 0.633 bits per heavy atom. The first kappa shape index (κ1) is 25.7. The lowest BCUT2D eigenvalue weighted by Crippen LogP contribution is -2.21. The van der Waals surface area contributed by atoms with Crippen LogP contribution < -0.4 is 0 Å². The largest absolute Gasteiger partial charge is 0.300 e. The summed E-state index contributed by atoms with van der Waals surface area (Å²) in [5, 5.41) is 0. The Bertz CT molecular complexity index is 785. The van der Waals surface area contributed by atoms with E-state index >= 15 is 0 Å². The molecule has 3 aromatic carbocycles. The van der Waals surface area contributed by atoms with Gasteiger partial charge in [0.05, 0.1) is 0 Å². The smallest absolute Gasteiger partial charge is 0.0233 e. The molecule has 162 valence electrons. The standard InChI is InChI=1S/C13H10.C12H19N.2C2H6/c1-3-7-12-10(5-1)9-11-6-2-4-8-13(11)12;1-4-13(5-2)10-12-8-6-11(3)7-9-12;2*1-2/h1-8H,9H2;6-9H,4-5,10H2,1-3H3;2*1-2H3. The van der Waals surface area contributed by atoms with Crippen molar-refractivity contribution in [3.63, 3.8) is 0 Å². The zero-order valence-corrected chi connectivity index (χ0v) is 20.2. The quantitative estimate of drug-likeness (QED) is 0.332. The Balaban J connectivity index is 0.000000258. The maximum Gasteiger partial charge on any atom is 0.0233 e. The SMILES string of the molecule is CC.CC.CCN(CC)Cc1ccc(C)cc1.c1ccc2c(c1)Cc1ccccc1-2. The van der Waals surface area contributed by atoms with E-state index in [2.05, 4.69) is 98.5 Å². The van der Waals surface area contributed by atoms with Gasteiger partial charge in [-0.25, -0.2) is 0 Å². The highest BCUT2D eigenvalue weighted by Crippen LogP contribution is 2.35. The van der Waals surface area contributed by atoms with Crippen molar-refractivity contribution in [1.82, 2.24) is 4.90 Å². The molecule has 0 aromatic heterocycles. The van der Waals surface area contributed by atoms with E-state index < -0.39 is 0 Å². The lowest BCUT2D eigenvalue weighted by atomic mass is 10.1. The number of hydrogen-bond donors (Lipinski definition) is 0. The van der Waals surface area contributed by atoms with E-state index in [-0.39, 0.29) is 0 Å². The van der Waals surface area contributed by atoms with Crippen LogP contribution in [0, 0.1) is 6.92 Å².